The van der Waals surface area contributed by atoms with Gasteiger partial charge in [-0.2, -0.15) is 0 Å². The van der Waals surface area contributed by atoms with Crippen LogP contribution in [0.1, 0.15) is 16.7 Å². The SMILES string of the molecule is Cc1ccc(CC(=O)OCC(=O)NCc2ccccc2)cc1. The van der Waals surface area contributed by atoms with Gasteiger partial charge in [0, 0.05) is 6.54 Å². The van der Waals surface area contributed by atoms with Crippen molar-refractivity contribution < 1.29 is 14.3 Å². The largest absolute Gasteiger partial charge is 0.455 e. The van der Waals surface area contributed by atoms with Crippen LogP contribution in [0.3, 0.4) is 0 Å². The zero-order valence-electron chi connectivity index (χ0n) is 12.5. The van der Waals surface area contributed by atoms with Gasteiger partial charge in [-0.15, -0.1) is 0 Å². The Morgan fingerprint density at radius 3 is 2.32 bits per heavy atom. The van der Waals surface area contributed by atoms with Gasteiger partial charge in [0.05, 0.1) is 6.42 Å². The molecule has 2 rings (SSSR count). The van der Waals surface area contributed by atoms with Gasteiger partial charge in [0.2, 0.25) is 0 Å². The molecule has 0 radical (unpaired) electrons. The second kappa shape index (κ2) is 7.98. The first-order valence-electron chi connectivity index (χ1n) is 7.15. The normalized spacial score (nSPS) is 10.0. The molecule has 0 aliphatic rings. The van der Waals surface area contributed by atoms with Crippen molar-refractivity contribution in [2.45, 2.75) is 19.9 Å². The van der Waals surface area contributed by atoms with E-state index < -0.39 is 5.97 Å². The Hall–Kier alpha value is -2.62. The van der Waals surface area contributed by atoms with E-state index in [9.17, 15) is 9.59 Å². The maximum atomic E-state index is 11.7. The fourth-order valence-corrected chi connectivity index (χ4v) is 1.92. The molecule has 4 nitrogen and oxygen atoms in total. The van der Waals surface area contributed by atoms with Crippen LogP contribution in [0.4, 0.5) is 0 Å². The third-order valence-electron chi connectivity index (χ3n) is 3.17. The summed E-state index contributed by atoms with van der Waals surface area (Å²) >= 11 is 0. The highest BCUT2D eigenvalue weighted by molar-refractivity contribution is 5.81. The lowest BCUT2D eigenvalue weighted by Crippen LogP contribution is -2.28. The van der Waals surface area contributed by atoms with E-state index in [0.717, 1.165) is 16.7 Å². The van der Waals surface area contributed by atoms with Gasteiger partial charge in [0.15, 0.2) is 6.61 Å². The fourth-order valence-electron chi connectivity index (χ4n) is 1.92. The summed E-state index contributed by atoms with van der Waals surface area (Å²) < 4.78 is 4.98. The van der Waals surface area contributed by atoms with Gasteiger partial charge >= 0.3 is 5.97 Å². The third-order valence-corrected chi connectivity index (χ3v) is 3.17. The van der Waals surface area contributed by atoms with Gasteiger partial charge in [-0.3, -0.25) is 9.59 Å². The number of aryl methyl sites for hydroxylation is 1. The molecule has 114 valence electrons. The van der Waals surface area contributed by atoms with Gasteiger partial charge in [-0.05, 0) is 18.1 Å². The number of hydrogen-bond donors (Lipinski definition) is 1. The number of rotatable bonds is 6. The van der Waals surface area contributed by atoms with Gasteiger partial charge in [-0.1, -0.05) is 60.2 Å². The Morgan fingerprint density at radius 1 is 0.955 bits per heavy atom. The number of benzene rings is 2. The van der Waals surface area contributed by atoms with Crippen LogP contribution >= 0.6 is 0 Å². The van der Waals surface area contributed by atoms with Crippen LogP contribution in [0.15, 0.2) is 54.6 Å². The summed E-state index contributed by atoms with van der Waals surface area (Å²) in [6.07, 6.45) is 0.173. The Labute approximate surface area is 130 Å². The molecule has 1 amide bonds. The van der Waals surface area contributed by atoms with Crippen molar-refractivity contribution in [2.75, 3.05) is 6.61 Å². The van der Waals surface area contributed by atoms with Crippen LogP contribution in [0, 0.1) is 6.92 Å². The Morgan fingerprint density at radius 2 is 1.64 bits per heavy atom. The number of ether oxygens (including phenoxy) is 1. The first-order valence-corrected chi connectivity index (χ1v) is 7.15. The van der Waals surface area contributed by atoms with Crippen LogP contribution in [-0.2, 0) is 27.3 Å². The molecule has 2 aromatic carbocycles. The number of amides is 1. The number of carbonyl (C=O) groups is 2. The first-order chi connectivity index (χ1) is 10.6. The molecule has 2 aromatic rings. The van der Waals surface area contributed by atoms with Crippen molar-refractivity contribution in [3.05, 3.63) is 71.3 Å². The average Bonchev–Trinajstić information content (AvgIpc) is 2.54. The topological polar surface area (TPSA) is 55.4 Å². The van der Waals surface area contributed by atoms with E-state index in [0.29, 0.717) is 6.54 Å². The van der Waals surface area contributed by atoms with Gasteiger partial charge in [-0.25, -0.2) is 0 Å². The lowest BCUT2D eigenvalue weighted by atomic mass is 10.1. The van der Waals surface area contributed by atoms with E-state index in [1.165, 1.54) is 0 Å². The Bertz CT molecular complexity index is 621. The monoisotopic (exact) mass is 297 g/mol. The van der Waals surface area contributed by atoms with Gasteiger partial charge in [0.25, 0.3) is 5.91 Å². The van der Waals surface area contributed by atoms with Crippen molar-refractivity contribution in [1.82, 2.24) is 5.32 Å². The summed E-state index contributed by atoms with van der Waals surface area (Å²) in [5.74, 6) is -0.708. The van der Waals surface area contributed by atoms with Gasteiger partial charge < -0.3 is 10.1 Å². The summed E-state index contributed by atoms with van der Waals surface area (Å²) in [5, 5.41) is 2.71. The molecule has 22 heavy (non-hydrogen) atoms. The van der Waals surface area contributed by atoms with Crippen LogP contribution in [0.2, 0.25) is 0 Å². The number of nitrogens with one attached hydrogen (secondary N) is 1. The lowest BCUT2D eigenvalue weighted by Gasteiger charge is -2.07. The molecular weight excluding hydrogens is 278 g/mol. The number of hydrogen-bond acceptors (Lipinski definition) is 3. The maximum absolute atomic E-state index is 11.7. The highest BCUT2D eigenvalue weighted by Crippen LogP contribution is 2.04. The van der Waals surface area contributed by atoms with Crippen LogP contribution < -0.4 is 5.32 Å². The average molecular weight is 297 g/mol. The highest BCUT2D eigenvalue weighted by atomic mass is 16.5. The van der Waals surface area contributed by atoms with E-state index in [1.807, 2.05) is 61.5 Å². The molecule has 0 atom stereocenters. The maximum Gasteiger partial charge on any atom is 0.310 e. The van der Waals surface area contributed by atoms with E-state index in [1.54, 1.807) is 0 Å². The van der Waals surface area contributed by atoms with E-state index in [2.05, 4.69) is 5.32 Å². The van der Waals surface area contributed by atoms with E-state index in [4.69, 9.17) is 4.74 Å². The number of esters is 1. The van der Waals surface area contributed by atoms with Crippen molar-refractivity contribution in [3.63, 3.8) is 0 Å². The Balaban J connectivity index is 1.69. The van der Waals surface area contributed by atoms with E-state index in [-0.39, 0.29) is 18.9 Å². The van der Waals surface area contributed by atoms with Crippen LogP contribution in [0.5, 0.6) is 0 Å². The van der Waals surface area contributed by atoms with Gasteiger partial charge in [0.1, 0.15) is 0 Å². The van der Waals surface area contributed by atoms with E-state index >= 15 is 0 Å². The summed E-state index contributed by atoms with van der Waals surface area (Å²) in [6, 6.07) is 17.2. The van der Waals surface area contributed by atoms with Crippen LogP contribution in [0.25, 0.3) is 0 Å². The molecule has 0 unspecified atom stereocenters. The van der Waals surface area contributed by atoms with Crippen molar-refractivity contribution >= 4 is 11.9 Å². The molecule has 0 aliphatic heterocycles. The van der Waals surface area contributed by atoms with Crippen molar-refractivity contribution in [3.8, 4) is 0 Å². The third kappa shape index (κ3) is 5.40. The summed E-state index contributed by atoms with van der Waals surface area (Å²) in [5.41, 5.74) is 3.01. The molecule has 0 heterocycles. The molecule has 4 heteroatoms. The molecule has 0 spiro atoms. The highest BCUT2D eigenvalue weighted by Gasteiger charge is 2.08. The molecule has 0 aliphatic carbocycles. The molecule has 0 bridgehead atoms. The summed E-state index contributed by atoms with van der Waals surface area (Å²) in [7, 11) is 0. The molecular formula is C18H19NO3. The van der Waals surface area contributed by atoms with Crippen LogP contribution in [-0.4, -0.2) is 18.5 Å². The second-order valence-electron chi connectivity index (χ2n) is 5.09. The first kappa shape index (κ1) is 15.8. The Kier molecular flexibility index (Phi) is 5.72. The molecule has 0 aromatic heterocycles. The number of carbonyl (C=O) groups excluding carboxylic acids is 2. The standard InChI is InChI=1S/C18H19NO3/c1-14-7-9-15(10-8-14)11-18(21)22-13-17(20)19-12-16-5-3-2-4-6-16/h2-10H,11-13H2,1H3,(H,19,20). The molecule has 0 saturated carbocycles. The minimum absolute atomic E-state index is 0.173. The van der Waals surface area contributed by atoms with Crippen molar-refractivity contribution in [1.29, 1.82) is 0 Å². The molecule has 0 fully saturated rings. The molecule has 1 N–H and O–H groups in total. The fraction of sp³-hybridized carbons (Fsp3) is 0.222. The second-order valence-corrected chi connectivity index (χ2v) is 5.09. The lowest BCUT2D eigenvalue weighted by molar-refractivity contribution is -0.147. The zero-order chi connectivity index (χ0) is 15.8. The summed E-state index contributed by atoms with van der Waals surface area (Å²) in [6.45, 7) is 2.16. The van der Waals surface area contributed by atoms with Crippen molar-refractivity contribution in [2.24, 2.45) is 0 Å². The smallest absolute Gasteiger partial charge is 0.310 e. The zero-order valence-corrected chi connectivity index (χ0v) is 12.5. The summed E-state index contributed by atoms with van der Waals surface area (Å²) in [4.78, 5) is 23.3. The minimum Gasteiger partial charge on any atom is -0.455 e. The minimum atomic E-state index is -0.404. The quantitative estimate of drug-likeness (QED) is 0.833. The predicted molar refractivity (Wildman–Crippen MR) is 84.1 cm³/mol. The molecule has 0 saturated heterocycles. The predicted octanol–water partition coefficient (Wildman–Crippen LogP) is 2.40.